The van der Waals surface area contributed by atoms with E-state index in [0.29, 0.717) is 33.0 Å². The number of amides is 1. The molecule has 0 aliphatic heterocycles. The van der Waals surface area contributed by atoms with Crippen molar-refractivity contribution in [1.82, 2.24) is 4.98 Å². The van der Waals surface area contributed by atoms with E-state index in [1.807, 2.05) is 60.7 Å². The molecule has 0 fully saturated rings. The summed E-state index contributed by atoms with van der Waals surface area (Å²) in [6.07, 6.45) is 0. The fourth-order valence-electron chi connectivity index (χ4n) is 3.73. The largest absolute Gasteiger partial charge is 0.507 e. The van der Waals surface area contributed by atoms with Crippen LogP contribution in [0.1, 0.15) is 10.4 Å². The number of halogens is 1. The Balaban J connectivity index is 1.65. The van der Waals surface area contributed by atoms with Gasteiger partial charge in [0.15, 0.2) is 0 Å². The monoisotopic (exact) mass is 466 g/mol. The van der Waals surface area contributed by atoms with E-state index < -0.39 is 0 Å². The van der Waals surface area contributed by atoms with Crippen LogP contribution in [-0.2, 0) is 0 Å². The van der Waals surface area contributed by atoms with Crippen LogP contribution >= 0.6 is 11.6 Å². The number of hydrogen-bond acceptors (Lipinski definition) is 4. The Kier molecular flexibility index (Phi) is 5.85. The van der Waals surface area contributed by atoms with Crippen LogP contribution in [0.25, 0.3) is 33.8 Å². The summed E-state index contributed by atoms with van der Waals surface area (Å²) in [6.45, 7) is 0. The van der Waals surface area contributed by atoms with Crippen LogP contribution in [0.15, 0.2) is 108 Å². The lowest BCUT2D eigenvalue weighted by Crippen LogP contribution is -2.11. The highest BCUT2D eigenvalue weighted by Crippen LogP contribution is 2.41. The summed E-state index contributed by atoms with van der Waals surface area (Å²) in [5.74, 6) is 0.289. The number of hydrogen-bond donors (Lipinski definition) is 2. The first-order chi connectivity index (χ1) is 16.6. The van der Waals surface area contributed by atoms with Crippen LogP contribution in [0.5, 0.6) is 5.75 Å². The Hall–Kier alpha value is -4.35. The number of anilines is 1. The van der Waals surface area contributed by atoms with Crippen molar-refractivity contribution in [3.05, 3.63) is 114 Å². The van der Waals surface area contributed by atoms with Crippen molar-refractivity contribution in [3.8, 4) is 39.6 Å². The maximum atomic E-state index is 12.9. The number of carbonyl (C=O) groups is 1. The number of rotatable bonds is 5. The van der Waals surface area contributed by atoms with Crippen LogP contribution in [0, 0.1) is 0 Å². The Morgan fingerprint density at radius 2 is 1.32 bits per heavy atom. The lowest BCUT2D eigenvalue weighted by atomic mass is 9.99. The molecule has 34 heavy (non-hydrogen) atoms. The van der Waals surface area contributed by atoms with Crippen molar-refractivity contribution < 1.29 is 14.3 Å². The normalized spacial score (nSPS) is 10.7. The lowest BCUT2D eigenvalue weighted by Gasteiger charge is -2.08. The molecule has 4 aromatic carbocycles. The summed E-state index contributed by atoms with van der Waals surface area (Å²) >= 11 is 6.46. The van der Waals surface area contributed by atoms with Gasteiger partial charge in [-0.05, 0) is 35.9 Å². The van der Waals surface area contributed by atoms with Crippen molar-refractivity contribution in [3.63, 3.8) is 0 Å². The van der Waals surface area contributed by atoms with Gasteiger partial charge in [-0.1, -0.05) is 84.4 Å². The first-order valence-corrected chi connectivity index (χ1v) is 11.0. The number of para-hydroxylation sites is 1. The van der Waals surface area contributed by atoms with Crippen LogP contribution in [0.4, 0.5) is 5.88 Å². The number of nitrogens with one attached hydrogen (secondary N) is 1. The molecular weight excluding hydrogens is 448 g/mol. The number of phenols is 1. The number of oxazole rings is 1. The molecule has 0 aliphatic carbocycles. The highest BCUT2D eigenvalue weighted by molar-refractivity contribution is 6.33. The van der Waals surface area contributed by atoms with E-state index >= 15 is 0 Å². The van der Waals surface area contributed by atoms with E-state index in [1.54, 1.807) is 42.5 Å². The van der Waals surface area contributed by atoms with E-state index in [2.05, 4.69) is 5.32 Å². The highest BCUT2D eigenvalue weighted by atomic mass is 35.5. The highest BCUT2D eigenvalue weighted by Gasteiger charge is 2.22. The van der Waals surface area contributed by atoms with Gasteiger partial charge in [-0.25, -0.2) is 4.98 Å². The Bertz CT molecular complexity index is 1480. The molecule has 0 bridgehead atoms. The van der Waals surface area contributed by atoms with E-state index in [1.165, 1.54) is 0 Å². The molecule has 1 heterocycles. The molecule has 2 N–H and O–H groups in total. The molecule has 0 saturated heterocycles. The van der Waals surface area contributed by atoms with Crippen LogP contribution < -0.4 is 5.32 Å². The van der Waals surface area contributed by atoms with Crippen molar-refractivity contribution >= 4 is 23.4 Å². The fraction of sp³-hybridized carbons (Fsp3) is 0. The standard InChI is InChI=1S/C28H19ClN2O3/c29-23-16-8-6-15-22(23)25-28(31-26(33)18-10-2-1-3-11-18)34-27(30-25)21-14-5-4-12-19(21)20-13-7-9-17-24(20)32/h1-17,32H,(H,31,33). The molecule has 0 atom stereocenters. The molecule has 0 radical (unpaired) electrons. The van der Waals surface area contributed by atoms with Gasteiger partial charge in [0.1, 0.15) is 11.4 Å². The van der Waals surface area contributed by atoms with Crippen molar-refractivity contribution in [1.29, 1.82) is 0 Å². The summed E-state index contributed by atoms with van der Waals surface area (Å²) in [7, 11) is 0. The summed E-state index contributed by atoms with van der Waals surface area (Å²) < 4.78 is 6.12. The predicted octanol–water partition coefficient (Wildman–Crippen LogP) is 7.29. The van der Waals surface area contributed by atoms with Gasteiger partial charge >= 0.3 is 0 Å². The number of carbonyl (C=O) groups excluding carboxylic acids is 1. The zero-order valence-corrected chi connectivity index (χ0v) is 18.7. The molecule has 166 valence electrons. The maximum absolute atomic E-state index is 12.9. The molecular formula is C28H19ClN2O3. The maximum Gasteiger partial charge on any atom is 0.258 e. The molecule has 0 saturated carbocycles. The first kappa shape index (κ1) is 21.5. The quantitative estimate of drug-likeness (QED) is 0.285. The minimum absolute atomic E-state index is 0.144. The SMILES string of the molecule is O=C(Nc1oc(-c2ccccc2-c2ccccc2O)nc1-c1ccccc1Cl)c1ccccc1. The zero-order valence-electron chi connectivity index (χ0n) is 17.9. The second-order valence-electron chi connectivity index (χ2n) is 7.56. The summed E-state index contributed by atoms with van der Waals surface area (Å²) in [6, 6.07) is 30.6. The second-order valence-corrected chi connectivity index (χ2v) is 7.97. The molecule has 5 nitrogen and oxygen atoms in total. The number of aromatic nitrogens is 1. The molecule has 0 unspecified atom stereocenters. The minimum atomic E-state index is -0.328. The third kappa shape index (κ3) is 4.17. The third-order valence-corrected chi connectivity index (χ3v) is 5.70. The Labute approximate surface area is 201 Å². The summed E-state index contributed by atoms with van der Waals surface area (Å²) in [5, 5.41) is 13.7. The van der Waals surface area contributed by atoms with Gasteiger partial charge in [0, 0.05) is 22.3 Å². The molecule has 1 amide bonds. The average Bonchev–Trinajstić information content (AvgIpc) is 3.28. The second kappa shape index (κ2) is 9.25. The Morgan fingerprint density at radius 1 is 0.735 bits per heavy atom. The van der Waals surface area contributed by atoms with Crippen LogP contribution in [0.3, 0.4) is 0 Å². The van der Waals surface area contributed by atoms with Gasteiger partial charge in [0.25, 0.3) is 5.91 Å². The molecule has 5 aromatic rings. The van der Waals surface area contributed by atoms with E-state index in [-0.39, 0.29) is 23.4 Å². The number of aromatic hydroxyl groups is 1. The molecule has 6 heteroatoms. The first-order valence-electron chi connectivity index (χ1n) is 10.6. The van der Waals surface area contributed by atoms with E-state index in [0.717, 1.165) is 5.56 Å². The molecule has 5 rings (SSSR count). The summed E-state index contributed by atoms with van der Waals surface area (Å²) in [4.78, 5) is 17.6. The van der Waals surface area contributed by atoms with Crippen molar-refractivity contribution in [2.75, 3.05) is 5.32 Å². The van der Waals surface area contributed by atoms with Gasteiger partial charge in [-0.15, -0.1) is 0 Å². The van der Waals surface area contributed by atoms with E-state index in [9.17, 15) is 9.90 Å². The molecule has 1 aromatic heterocycles. The smallest absolute Gasteiger partial charge is 0.258 e. The van der Waals surface area contributed by atoms with Gasteiger partial charge in [0.2, 0.25) is 11.8 Å². The van der Waals surface area contributed by atoms with Crippen molar-refractivity contribution in [2.24, 2.45) is 0 Å². The van der Waals surface area contributed by atoms with Crippen molar-refractivity contribution in [2.45, 2.75) is 0 Å². The minimum Gasteiger partial charge on any atom is -0.507 e. The zero-order chi connectivity index (χ0) is 23.5. The fourth-order valence-corrected chi connectivity index (χ4v) is 3.95. The van der Waals surface area contributed by atoms with E-state index in [4.69, 9.17) is 21.0 Å². The lowest BCUT2D eigenvalue weighted by molar-refractivity contribution is 0.102. The van der Waals surface area contributed by atoms with Crippen LogP contribution in [0.2, 0.25) is 5.02 Å². The summed E-state index contributed by atoms with van der Waals surface area (Å²) in [5.41, 5.74) is 3.58. The molecule has 0 spiro atoms. The van der Waals surface area contributed by atoms with Crippen LogP contribution in [-0.4, -0.2) is 16.0 Å². The number of nitrogens with zero attached hydrogens (tertiary/aromatic N) is 1. The number of benzene rings is 4. The number of phenolic OH excluding ortho intramolecular Hbond substituents is 1. The topological polar surface area (TPSA) is 75.4 Å². The van der Waals surface area contributed by atoms with Gasteiger partial charge < -0.3 is 9.52 Å². The van der Waals surface area contributed by atoms with Gasteiger partial charge in [0.05, 0.1) is 5.02 Å². The van der Waals surface area contributed by atoms with Gasteiger partial charge in [-0.3, -0.25) is 10.1 Å². The third-order valence-electron chi connectivity index (χ3n) is 5.37. The Morgan fingerprint density at radius 3 is 2.03 bits per heavy atom. The van der Waals surface area contributed by atoms with Gasteiger partial charge in [-0.2, -0.15) is 0 Å². The predicted molar refractivity (Wildman–Crippen MR) is 134 cm³/mol. The average molecular weight is 467 g/mol. The molecule has 0 aliphatic rings.